The Morgan fingerprint density at radius 1 is 1.33 bits per heavy atom. The van der Waals surface area contributed by atoms with Crippen molar-refractivity contribution in [2.75, 3.05) is 39.4 Å². The zero-order chi connectivity index (χ0) is 17.6. The van der Waals surface area contributed by atoms with Crippen LogP contribution in [0.25, 0.3) is 0 Å². The van der Waals surface area contributed by atoms with Crippen LogP contribution in [0.4, 0.5) is 13.2 Å². The molecule has 0 saturated carbocycles. The van der Waals surface area contributed by atoms with Crippen molar-refractivity contribution < 1.29 is 27.8 Å². The fourth-order valence-corrected chi connectivity index (χ4v) is 2.48. The minimum Gasteiger partial charge on any atom is -0.390 e. The number of carbonyl (C=O) groups is 1. The summed E-state index contributed by atoms with van der Waals surface area (Å²) in [4.78, 5) is 13.9. The van der Waals surface area contributed by atoms with Crippen LogP contribution in [0, 0.1) is 0 Å². The van der Waals surface area contributed by atoms with Crippen LogP contribution >= 0.6 is 0 Å². The molecule has 134 valence electrons. The molecule has 5 nitrogen and oxygen atoms in total. The average molecular weight is 346 g/mol. The molecule has 2 rings (SSSR count). The Kier molecular flexibility index (Phi) is 6.59. The van der Waals surface area contributed by atoms with Gasteiger partial charge < -0.3 is 15.2 Å². The minimum absolute atomic E-state index is 0.0646. The predicted molar refractivity (Wildman–Crippen MR) is 81.4 cm³/mol. The van der Waals surface area contributed by atoms with Gasteiger partial charge in [-0.1, -0.05) is 18.2 Å². The molecule has 1 aliphatic rings. The molecule has 0 aliphatic carbocycles. The molecule has 1 aromatic rings. The van der Waals surface area contributed by atoms with E-state index in [-0.39, 0.29) is 18.5 Å². The number of rotatable bonds is 6. The molecule has 1 saturated heterocycles. The Hall–Kier alpha value is -1.64. The van der Waals surface area contributed by atoms with Gasteiger partial charge in [-0.2, -0.15) is 13.2 Å². The van der Waals surface area contributed by atoms with Gasteiger partial charge in [-0.25, -0.2) is 0 Å². The fourth-order valence-electron chi connectivity index (χ4n) is 2.48. The summed E-state index contributed by atoms with van der Waals surface area (Å²) in [5.41, 5.74) is -0.495. The highest BCUT2D eigenvalue weighted by Crippen LogP contribution is 2.29. The summed E-state index contributed by atoms with van der Waals surface area (Å²) in [7, 11) is 0. The molecule has 1 heterocycles. The number of β-amino-alcohol motifs (C(OH)–C–C–N with tert-alkyl or cyclic N) is 1. The Balaban J connectivity index is 1.76. The van der Waals surface area contributed by atoms with E-state index in [1.807, 2.05) is 4.90 Å². The SMILES string of the molecule is O=C(Cc1cccc(C(F)(F)F)c1)NCC(O)CN1CCOCC1. The highest BCUT2D eigenvalue weighted by Gasteiger charge is 2.30. The van der Waals surface area contributed by atoms with Crippen LogP contribution in [0.1, 0.15) is 11.1 Å². The van der Waals surface area contributed by atoms with Gasteiger partial charge >= 0.3 is 6.18 Å². The summed E-state index contributed by atoms with van der Waals surface area (Å²) in [6.45, 7) is 3.19. The molecule has 0 radical (unpaired) electrons. The molecule has 0 spiro atoms. The van der Waals surface area contributed by atoms with E-state index in [9.17, 15) is 23.1 Å². The van der Waals surface area contributed by atoms with Crippen molar-refractivity contribution >= 4 is 5.91 Å². The van der Waals surface area contributed by atoms with E-state index in [1.165, 1.54) is 12.1 Å². The molecule has 2 N–H and O–H groups in total. The normalized spacial score (nSPS) is 17.5. The van der Waals surface area contributed by atoms with E-state index in [4.69, 9.17) is 4.74 Å². The Labute approximate surface area is 138 Å². The first-order valence-electron chi connectivity index (χ1n) is 7.75. The van der Waals surface area contributed by atoms with Gasteiger partial charge in [0.25, 0.3) is 0 Å². The van der Waals surface area contributed by atoms with Crippen molar-refractivity contribution in [3.8, 4) is 0 Å². The third-order valence-electron chi connectivity index (χ3n) is 3.73. The number of halogens is 3. The molecule has 1 atom stereocenters. The quantitative estimate of drug-likeness (QED) is 0.809. The number of morpholine rings is 1. The maximum Gasteiger partial charge on any atom is 0.416 e. The number of benzene rings is 1. The molecule has 0 bridgehead atoms. The number of hydrogen-bond donors (Lipinski definition) is 2. The molecule has 1 aliphatic heterocycles. The van der Waals surface area contributed by atoms with Gasteiger partial charge in [0, 0.05) is 26.2 Å². The minimum atomic E-state index is -4.43. The zero-order valence-corrected chi connectivity index (χ0v) is 13.2. The number of carbonyl (C=O) groups excluding carboxylic acids is 1. The van der Waals surface area contributed by atoms with Gasteiger partial charge in [-0.15, -0.1) is 0 Å². The monoisotopic (exact) mass is 346 g/mol. The van der Waals surface area contributed by atoms with E-state index in [0.29, 0.717) is 19.8 Å². The summed E-state index contributed by atoms with van der Waals surface area (Å²) in [6, 6.07) is 4.68. The lowest BCUT2D eigenvalue weighted by molar-refractivity contribution is -0.137. The van der Waals surface area contributed by atoms with Crippen molar-refractivity contribution in [1.82, 2.24) is 10.2 Å². The smallest absolute Gasteiger partial charge is 0.390 e. The third-order valence-corrected chi connectivity index (χ3v) is 3.73. The second kappa shape index (κ2) is 8.46. The predicted octanol–water partition coefficient (Wildman–Crippen LogP) is 1.06. The first kappa shape index (κ1) is 18.7. The fraction of sp³-hybridized carbons (Fsp3) is 0.562. The highest BCUT2D eigenvalue weighted by atomic mass is 19.4. The lowest BCUT2D eigenvalue weighted by atomic mass is 10.1. The van der Waals surface area contributed by atoms with Crippen LogP contribution in [0.15, 0.2) is 24.3 Å². The first-order valence-corrected chi connectivity index (χ1v) is 7.75. The lowest BCUT2D eigenvalue weighted by Crippen LogP contribution is -2.44. The molecule has 1 unspecified atom stereocenters. The van der Waals surface area contributed by atoms with Gasteiger partial charge in [-0.3, -0.25) is 9.69 Å². The number of aliphatic hydroxyl groups excluding tert-OH is 1. The van der Waals surface area contributed by atoms with Gasteiger partial charge in [-0.05, 0) is 11.6 Å². The van der Waals surface area contributed by atoms with Crippen molar-refractivity contribution in [2.24, 2.45) is 0 Å². The summed E-state index contributed by atoms with van der Waals surface area (Å²) in [6.07, 6.45) is -5.32. The number of hydrogen-bond acceptors (Lipinski definition) is 4. The summed E-state index contributed by atoms with van der Waals surface area (Å²) in [5, 5.41) is 12.5. The third kappa shape index (κ3) is 6.10. The standard InChI is InChI=1S/C16H21F3N2O3/c17-16(18,19)13-3-1-2-12(8-13)9-15(23)20-10-14(22)11-21-4-6-24-7-5-21/h1-3,8,14,22H,4-7,9-11H2,(H,20,23). The Bertz CT molecular complexity index is 546. The Morgan fingerprint density at radius 2 is 2.04 bits per heavy atom. The molecule has 0 aromatic heterocycles. The maximum atomic E-state index is 12.6. The largest absolute Gasteiger partial charge is 0.416 e. The van der Waals surface area contributed by atoms with Crippen molar-refractivity contribution in [3.63, 3.8) is 0 Å². The summed E-state index contributed by atoms with van der Waals surface area (Å²) >= 11 is 0. The van der Waals surface area contributed by atoms with Gasteiger partial charge in [0.05, 0.1) is 31.3 Å². The van der Waals surface area contributed by atoms with Gasteiger partial charge in [0.2, 0.25) is 5.91 Å². The number of nitrogens with one attached hydrogen (secondary N) is 1. The van der Waals surface area contributed by atoms with Crippen molar-refractivity contribution in [2.45, 2.75) is 18.7 Å². The maximum absolute atomic E-state index is 12.6. The van der Waals surface area contributed by atoms with Crippen LogP contribution in [0.5, 0.6) is 0 Å². The van der Waals surface area contributed by atoms with E-state index < -0.39 is 23.8 Å². The molecular formula is C16H21F3N2O3. The van der Waals surface area contributed by atoms with Crippen LogP contribution in [0.2, 0.25) is 0 Å². The second-order valence-corrected chi connectivity index (χ2v) is 5.75. The number of nitrogens with zero attached hydrogens (tertiary/aromatic N) is 1. The number of amides is 1. The second-order valence-electron chi connectivity index (χ2n) is 5.75. The molecule has 24 heavy (non-hydrogen) atoms. The van der Waals surface area contributed by atoms with Crippen molar-refractivity contribution in [3.05, 3.63) is 35.4 Å². The van der Waals surface area contributed by atoms with E-state index in [0.717, 1.165) is 25.2 Å². The lowest BCUT2D eigenvalue weighted by Gasteiger charge is -2.28. The highest BCUT2D eigenvalue weighted by molar-refractivity contribution is 5.78. The van der Waals surface area contributed by atoms with E-state index in [1.54, 1.807) is 0 Å². The van der Waals surface area contributed by atoms with Crippen LogP contribution in [-0.2, 0) is 22.1 Å². The van der Waals surface area contributed by atoms with Crippen LogP contribution in [0.3, 0.4) is 0 Å². The molecule has 1 aromatic carbocycles. The molecule has 1 fully saturated rings. The Morgan fingerprint density at radius 3 is 2.71 bits per heavy atom. The van der Waals surface area contributed by atoms with Crippen LogP contribution in [-0.4, -0.2) is 61.4 Å². The molecule has 1 amide bonds. The number of ether oxygens (including phenoxy) is 1. The summed E-state index contributed by atoms with van der Waals surface area (Å²) in [5.74, 6) is -0.421. The summed E-state index contributed by atoms with van der Waals surface area (Å²) < 4.78 is 43.1. The van der Waals surface area contributed by atoms with Gasteiger partial charge in [0.15, 0.2) is 0 Å². The number of aliphatic hydroxyl groups is 1. The molecular weight excluding hydrogens is 325 g/mol. The van der Waals surface area contributed by atoms with E-state index in [2.05, 4.69) is 5.32 Å². The van der Waals surface area contributed by atoms with E-state index >= 15 is 0 Å². The van der Waals surface area contributed by atoms with Gasteiger partial charge in [0.1, 0.15) is 0 Å². The topological polar surface area (TPSA) is 61.8 Å². The average Bonchev–Trinajstić information content (AvgIpc) is 2.53. The first-order chi connectivity index (χ1) is 11.3. The van der Waals surface area contributed by atoms with Crippen molar-refractivity contribution in [1.29, 1.82) is 0 Å². The number of alkyl halides is 3. The van der Waals surface area contributed by atoms with Crippen LogP contribution < -0.4 is 5.32 Å². The molecule has 8 heteroatoms. The zero-order valence-electron chi connectivity index (χ0n) is 13.2.